The molecule has 4 aromatic carbocycles. The molecule has 0 spiro atoms. The zero-order valence-corrected chi connectivity index (χ0v) is 25.3. The molecule has 4 rings (SSSR count). The molecule has 2 unspecified atom stereocenters. The Hall–Kier alpha value is -1.77. The van der Waals surface area contributed by atoms with Gasteiger partial charge in [0.05, 0.1) is 0 Å². The van der Waals surface area contributed by atoms with Gasteiger partial charge in [0.15, 0.2) is 0 Å². The summed E-state index contributed by atoms with van der Waals surface area (Å²) < 4.78 is 31.4. The van der Waals surface area contributed by atoms with Crippen LogP contribution in [0.1, 0.15) is 26.7 Å². The molecule has 0 bridgehead atoms. The topological polar surface area (TPSA) is 34.1 Å². The van der Waals surface area contributed by atoms with Crippen LogP contribution in [0.5, 0.6) is 0 Å². The second-order valence-electron chi connectivity index (χ2n) is 8.46. The Balaban J connectivity index is 2.05. The lowest BCUT2D eigenvalue weighted by molar-refractivity contribution is 0.622. The summed E-state index contributed by atoms with van der Waals surface area (Å²) in [4.78, 5) is 3.87. The van der Waals surface area contributed by atoms with Crippen LogP contribution in [-0.4, -0.2) is 19.9 Å². The molecule has 0 radical (unpaired) electrons. The van der Waals surface area contributed by atoms with Crippen molar-refractivity contribution in [1.29, 1.82) is 0 Å². The van der Waals surface area contributed by atoms with Crippen LogP contribution in [0.15, 0.2) is 141 Å². The Bertz CT molecular complexity index is 1250. The quantitative estimate of drug-likeness (QED) is 0.155. The fourth-order valence-electron chi connectivity index (χ4n) is 4.17. The third kappa shape index (κ3) is 5.81. The van der Waals surface area contributed by atoms with E-state index in [0.717, 1.165) is 32.4 Å². The van der Waals surface area contributed by atoms with Gasteiger partial charge in [-0.15, -0.1) is 0 Å². The van der Waals surface area contributed by atoms with Crippen molar-refractivity contribution in [1.82, 2.24) is 0 Å². The lowest BCUT2D eigenvalue weighted by Crippen LogP contribution is -2.22. The highest BCUT2D eigenvalue weighted by atomic mass is 33.9. The molecule has 0 aliphatic rings. The highest BCUT2D eigenvalue weighted by Gasteiger charge is 2.52. The van der Waals surface area contributed by atoms with Crippen molar-refractivity contribution in [3.63, 3.8) is 0 Å². The number of rotatable bonds is 12. The van der Waals surface area contributed by atoms with Gasteiger partial charge in [-0.2, -0.15) is 0 Å². The summed E-state index contributed by atoms with van der Waals surface area (Å²) in [6, 6.07) is 40.2. The minimum absolute atomic E-state index is 0.611. The van der Waals surface area contributed by atoms with Gasteiger partial charge < -0.3 is 0 Å². The van der Waals surface area contributed by atoms with Crippen LogP contribution in [0.4, 0.5) is 0 Å². The molecule has 0 saturated carbocycles. The second kappa shape index (κ2) is 12.9. The van der Waals surface area contributed by atoms with Gasteiger partial charge >= 0.3 is 0 Å². The van der Waals surface area contributed by atoms with Crippen LogP contribution >= 0.6 is 37.8 Å². The Morgan fingerprint density at radius 2 is 0.784 bits per heavy atom. The first-order chi connectivity index (χ1) is 18.0. The Morgan fingerprint density at radius 3 is 1.08 bits per heavy atom. The molecular formula is C30H34O2S5. The van der Waals surface area contributed by atoms with Gasteiger partial charge in [-0.25, -0.2) is 8.42 Å². The summed E-state index contributed by atoms with van der Waals surface area (Å²) in [6.45, 7) is 4.21. The lowest BCUT2D eigenvalue weighted by atomic mass is 10.4. The van der Waals surface area contributed by atoms with Crippen molar-refractivity contribution in [3.05, 3.63) is 121 Å². The maximum atomic E-state index is 15.7. The molecule has 7 heteroatoms. The van der Waals surface area contributed by atoms with E-state index in [2.05, 4.69) is 13.8 Å². The fourth-order valence-corrected chi connectivity index (χ4v) is 37.2. The number of benzene rings is 4. The largest absolute Gasteiger partial charge is 0.244 e. The van der Waals surface area contributed by atoms with Crippen LogP contribution in [0.2, 0.25) is 0 Å². The summed E-state index contributed by atoms with van der Waals surface area (Å²) >= 11 is 0. The smallest absolute Gasteiger partial charge is 0.207 e. The predicted octanol–water partition coefficient (Wildman–Crippen LogP) is 10.2. The molecule has 37 heavy (non-hydrogen) atoms. The SMILES string of the molecule is CCCS(Sc1ccccc1)(c1ccccc1)S(=O)(=O)S(CCC)(Sc1ccccc1)c1ccccc1. The molecule has 2 atom stereocenters. The number of hydrogen-bond acceptors (Lipinski definition) is 4. The Morgan fingerprint density at radius 1 is 0.486 bits per heavy atom. The van der Waals surface area contributed by atoms with Gasteiger partial charge in [0.1, 0.15) is 0 Å². The molecule has 0 N–H and O–H groups in total. The van der Waals surface area contributed by atoms with Crippen LogP contribution in [-0.2, 0) is 7.90 Å². The monoisotopic (exact) mass is 586 g/mol. The van der Waals surface area contributed by atoms with Gasteiger partial charge in [0.2, 0.25) is 7.90 Å². The van der Waals surface area contributed by atoms with Crippen molar-refractivity contribution in [2.75, 3.05) is 11.5 Å². The highest BCUT2D eigenvalue weighted by Crippen LogP contribution is 2.87. The summed E-state index contributed by atoms with van der Waals surface area (Å²) in [7, 11) is -5.36. The van der Waals surface area contributed by atoms with E-state index < -0.39 is 24.1 Å². The highest BCUT2D eigenvalue weighted by molar-refractivity contribution is 9.48. The van der Waals surface area contributed by atoms with Crippen molar-refractivity contribution in [3.8, 4) is 0 Å². The molecule has 0 aliphatic carbocycles. The van der Waals surface area contributed by atoms with E-state index in [1.165, 1.54) is 0 Å². The molecular weight excluding hydrogens is 553 g/mol. The van der Waals surface area contributed by atoms with Crippen molar-refractivity contribution >= 4 is 45.7 Å². The maximum Gasteiger partial charge on any atom is 0.244 e. The zero-order valence-electron chi connectivity index (χ0n) is 21.2. The Labute approximate surface area is 231 Å². The van der Waals surface area contributed by atoms with Crippen molar-refractivity contribution in [2.45, 2.75) is 46.3 Å². The van der Waals surface area contributed by atoms with Crippen LogP contribution in [0.25, 0.3) is 0 Å². The van der Waals surface area contributed by atoms with Gasteiger partial charge in [-0.3, -0.25) is 0 Å². The average molecular weight is 587 g/mol. The van der Waals surface area contributed by atoms with Crippen LogP contribution in [0, 0.1) is 0 Å². The van der Waals surface area contributed by atoms with E-state index >= 15 is 8.42 Å². The standard InChI is InChI=1S/C30H34O2S5/c1-3-25-35(29-21-13-7-14-22-29,33-27-17-9-5-10-18-27)37(31,32)36(26-4-2,30-23-15-8-16-24-30)34-28-19-11-6-12-20-28/h5-24H,3-4,25-26H2,1-2H3. The summed E-state index contributed by atoms with van der Waals surface area (Å²) in [6.07, 6.45) is 1.57. The maximum absolute atomic E-state index is 15.7. The summed E-state index contributed by atoms with van der Waals surface area (Å²) in [5, 5.41) is 0. The van der Waals surface area contributed by atoms with Gasteiger partial charge in [0, 0.05) is 31.1 Å². The normalized spacial score (nSPS) is 16.7. The summed E-state index contributed by atoms with van der Waals surface area (Å²) in [5.41, 5.74) is 0. The first-order valence-corrected chi connectivity index (χ1v) is 21.2. The Kier molecular flexibility index (Phi) is 9.81. The molecule has 2 nitrogen and oxygen atoms in total. The van der Waals surface area contributed by atoms with E-state index in [4.69, 9.17) is 0 Å². The predicted molar refractivity (Wildman–Crippen MR) is 168 cm³/mol. The minimum atomic E-state index is -3.72. The van der Waals surface area contributed by atoms with E-state index in [9.17, 15) is 0 Å². The first-order valence-electron chi connectivity index (χ1n) is 12.5. The van der Waals surface area contributed by atoms with Crippen molar-refractivity contribution in [2.24, 2.45) is 0 Å². The summed E-state index contributed by atoms with van der Waals surface area (Å²) in [5.74, 6) is 1.22. The molecule has 0 fully saturated rings. The van der Waals surface area contributed by atoms with E-state index in [1.54, 1.807) is 21.6 Å². The van der Waals surface area contributed by atoms with E-state index in [-0.39, 0.29) is 0 Å². The number of hydrogen-bond donors (Lipinski definition) is 0. The third-order valence-electron chi connectivity index (χ3n) is 5.76. The lowest BCUT2D eigenvalue weighted by Gasteiger charge is -2.49. The second-order valence-corrected chi connectivity index (χ2v) is 27.1. The molecule has 0 aliphatic heterocycles. The van der Waals surface area contributed by atoms with Crippen LogP contribution in [0.3, 0.4) is 0 Å². The molecule has 0 heterocycles. The molecule has 196 valence electrons. The fraction of sp³-hybridized carbons (Fsp3) is 0.200. The van der Waals surface area contributed by atoms with Crippen LogP contribution < -0.4 is 0 Å². The molecule has 0 saturated heterocycles. The van der Waals surface area contributed by atoms with Gasteiger partial charge in [-0.1, -0.05) is 108 Å². The van der Waals surface area contributed by atoms with Gasteiger partial charge in [-0.05, 0) is 77.6 Å². The zero-order chi connectivity index (χ0) is 26.2. The molecule has 0 amide bonds. The first kappa shape index (κ1) is 28.2. The van der Waals surface area contributed by atoms with E-state index in [1.807, 2.05) is 121 Å². The average Bonchev–Trinajstić information content (AvgIpc) is 2.94. The third-order valence-corrected chi connectivity index (χ3v) is 33.6. The molecule has 0 aromatic heterocycles. The van der Waals surface area contributed by atoms with Crippen molar-refractivity contribution < 1.29 is 8.42 Å². The van der Waals surface area contributed by atoms with E-state index in [0.29, 0.717) is 11.5 Å². The minimum Gasteiger partial charge on any atom is -0.207 e. The molecule has 4 aromatic rings. The van der Waals surface area contributed by atoms with Gasteiger partial charge in [0.25, 0.3) is 0 Å².